The molecule has 1 heterocycles. The van der Waals surface area contributed by atoms with Crippen molar-refractivity contribution < 1.29 is 5.11 Å². The van der Waals surface area contributed by atoms with E-state index in [1.165, 1.54) is 5.56 Å². The Morgan fingerprint density at radius 1 is 1.44 bits per heavy atom. The number of aromatic nitrogens is 1. The van der Waals surface area contributed by atoms with Crippen LogP contribution in [0, 0.1) is 12.8 Å². The maximum absolute atomic E-state index is 8.97. The van der Waals surface area contributed by atoms with Crippen molar-refractivity contribution >= 4 is 5.82 Å². The van der Waals surface area contributed by atoms with Crippen LogP contribution < -0.4 is 5.32 Å². The molecule has 0 aliphatic rings. The van der Waals surface area contributed by atoms with Crippen LogP contribution in [0.1, 0.15) is 31.7 Å². The summed E-state index contributed by atoms with van der Waals surface area (Å²) in [7, 11) is 0. The molecule has 1 atom stereocenters. The summed E-state index contributed by atoms with van der Waals surface area (Å²) >= 11 is 0. The molecule has 0 radical (unpaired) electrons. The molecule has 16 heavy (non-hydrogen) atoms. The third-order valence-corrected chi connectivity index (χ3v) is 2.80. The number of pyridine rings is 1. The van der Waals surface area contributed by atoms with Crippen LogP contribution in [-0.2, 0) is 0 Å². The highest BCUT2D eigenvalue weighted by molar-refractivity contribution is 5.42. The molecular weight excluding hydrogens is 200 g/mol. The highest BCUT2D eigenvalue weighted by Crippen LogP contribution is 2.14. The fourth-order valence-electron chi connectivity index (χ4n) is 1.85. The number of aliphatic hydroxyl groups is 1. The van der Waals surface area contributed by atoms with E-state index in [-0.39, 0.29) is 6.61 Å². The Labute approximate surface area is 97.9 Å². The minimum absolute atomic E-state index is 0.271. The SMILES string of the molecule is CCCC(CCO)CNc1ncccc1C. The normalized spacial score (nSPS) is 12.4. The molecule has 0 amide bonds. The van der Waals surface area contributed by atoms with Crippen molar-refractivity contribution in [1.82, 2.24) is 4.98 Å². The predicted octanol–water partition coefficient (Wildman–Crippen LogP) is 2.60. The van der Waals surface area contributed by atoms with Gasteiger partial charge in [0.25, 0.3) is 0 Å². The topological polar surface area (TPSA) is 45.1 Å². The van der Waals surface area contributed by atoms with Crippen LogP contribution in [-0.4, -0.2) is 23.2 Å². The average molecular weight is 222 g/mol. The summed E-state index contributed by atoms with van der Waals surface area (Å²) in [6.45, 7) is 5.40. The minimum atomic E-state index is 0.271. The van der Waals surface area contributed by atoms with E-state index in [9.17, 15) is 0 Å². The molecule has 90 valence electrons. The number of rotatable bonds is 7. The second kappa shape index (κ2) is 7.23. The third-order valence-electron chi connectivity index (χ3n) is 2.80. The van der Waals surface area contributed by atoms with Crippen molar-refractivity contribution in [1.29, 1.82) is 0 Å². The van der Waals surface area contributed by atoms with Crippen LogP contribution in [0.4, 0.5) is 5.82 Å². The van der Waals surface area contributed by atoms with Gasteiger partial charge in [0.15, 0.2) is 0 Å². The van der Waals surface area contributed by atoms with Crippen molar-refractivity contribution in [2.75, 3.05) is 18.5 Å². The first-order valence-electron chi connectivity index (χ1n) is 6.04. The van der Waals surface area contributed by atoms with E-state index in [2.05, 4.69) is 30.2 Å². The molecule has 1 rings (SSSR count). The number of nitrogens with zero attached hydrogens (tertiary/aromatic N) is 1. The first-order chi connectivity index (χ1) is 7.77. The Morgan fingerprint density at radius 2 is 2.25 bits per heavy atom. The number of nitrogens with one attached hydrogen (secondary N) is 1. The van der Waals surface area contributed by atoms with E-state index in [0.717, 1.165) is 31.6 Å². The van der Waals surface area contributed by atoms with Crippen molar-refractivity contribution in [3.63, 3.8) is 0 Å². The van der Waals surface area contributed by atoms with Gasteiger partial charge in [-0.3, -0.25) is 0 Å². The van der Waals surface area contributed by atoms with E-state index in [4.69, 9.17) is 5.11 Å². The number of aliphatic hydroxyl groups excluding tert-OH is 1. The molecule has 0 aliphatic heterocycles. The molecule has 0 aliphatic carbocycles. The molecule has 0 saturated heterocycles. The maximum Gasteiger partial charge on any atom is 0.128 e. The molecule has 1 aromatic heterocycles. The van der Waals surface area contributed by atoms with Gasteiger partial charge < -0.3 is 10.4 Å². The van der Waals surface area contributed by atoms with Gasteiger partial charge in [-0.15, -0.1) is 0 Å². The van der Waals surface area contributed by atoms with Gasteiger partial charge in [0.1, 0.15) is 5.82 Å². The number of aryl methyl sites for hydroxylation is 1. The largest absolute Gasteiger partial charge is 0.396 e. The van der Waals surface area contributed by atoms with E-state index >= 15 is 0 Å². The zero-order chi connectivity index (χ0) is 11.8. The summed E-state index contributed by atoms with van der Waals surface area (Å²) in [5, 5.41) is 12.3. The van der Waals surface area contributed by atoms with Gasteiger partial charge >= 0.3 is 0 Å². The van der Waals surface area contributed by atoms with Crippen molar-refractivity contribution in [3.8, 4) is 0 Å². The first kappa shape index (κ1) is 13.0. The summed E-state index contributed by atoms with van der Waals surface area (Å²) in [6, 6.07) is 3.99. The van der Waals surface area contributed by atoms with E-state index in [1.807, 2.05) is 6.07 Å². The van der Waals surface area contributed by atoms with Gasteiger partial charge in [0, 0.05) is 19.3 Å². The van der Waals surface area contributed by atoms with Crippen molar-refractivity contribution in [2.45, 2.75) is 33.1 Å². The Kier molecular flexibility index (Phi) is 5.86. The lowest BCUT2D eigenvalue weighted by Crippen LogP contribution is -2.16. The Morgan fingerprint density at radius 3 is 2.88 bits per heavy atom. The highest BCUT2D eigenvalue weighted by atomic mass is 16.3. The standard InChI is InChI=1S/C13H22N2O/c1-3-5-12(7-9-16)10-15-13-11(2)6-4-8-14-13/h4,6,8,12,16H,3,5,7,9-10H2,1-2H3,(H,14,15). The Hall–Kier alpha value is -1.09. The molecule has 0 fully saturated rings. The van der Waals surface area contributed by atoms with Gasteiger partial charge in [0.2, 0.25) is 0 Å². The molecular formula is C13H22N2O. The van der Waals surface area contributed by atoms with Gasteiger partial charge in [0.05, 0.1) is 0 Å². The molecule has 1 aromatic rings. The second-order valence-electron chi connectivity index (χ2n) is 4.22. The van der Waals surface area contributed by atoms with Crippen LogP contribution in [0.2, 0.25) is 0 Å². The zero-order valence-corrected chi connectivity index (χ0v) is 10.2. The molecule has 0 spiro atoms. The van der Waals surface area contributed by atoms with E-state index < -0.39 is 0 Å². The van der Waals surface area contributed by atoms with Gasteiger partial charge in [-0.1, -0.05) is 19.4 Å². The van der Waals surface area contributed by atoms with Crippen molar-refractivity contribution in [2.24, 2.45) is 5.92 Å². The van der Waals surface area contributed by atoms with E-state index in [0.29, 0.717) is 5.92 Å². The fraction of sp³-hybridized carbons (Fsp3) is 0.615. The van der Waals surface area contributed by atoms with Crippen LogP contribution >= 0.6 is 0 Å². The van der Waals surface area contributed by atoms with Crippen LogP contribution in [0.15, 0.2) is 18.3 Å². The summed E-state index contributed by atoms with van der Waals surface area (Å²) in [6.07, 6.45) is 4.98. The maximum atomic E-state index is 8.97. The zero-order valence-electron chi connectivity index (χ0n) is 10.2. The van der Waals surface area contributed by atoms with E-state index in [1.54, 1.807) is 6.20 Å². The van der Waals surface area contributed by atoms with Crippen LogP contribution in [0.25, 0.3) is 0 Å². The molecule has 0 saturated carbocycles. The molecule has 3 nitrogen and oxygen atoms in total. The molecule has 0 bridgehead atoms. The lowest BCUT2D eigenvalue weighted by molar-refractivity contribution is 0.255. The van der Waals surface area contributed by atoms with Gasteiger partial charge in [-0.05, 0) is 37.3 Å². The summed E-state index contributed by atoms with van der Waals surface area (Å²) < 4.78 is 0. The highest BCUT2D eigenvalue weighted by Gasteiger charge is 2.07. The second-order valence-corrected chi connectivity index (χ2v) is 4.22. The quantitative estimate of drug-likeness (QED) is 0.745. The van der Waals surface area contributed by atoms with Crippen LogP contribution in [0.5, 0.6) is 0 Å². The average Bonchev–Trinajstić information content (AvgIpc) is 2.28. The molecule has 2 N–H and O–H groups in total. The van der Waals surface area contributed by atoms with Gasteiger partial charge in [-0.2, -0.15) is 0 Å². The monoisotopic (exact) mass is 222 g/mol. The summed E-state index contributed by atoms with van der Waals surface area (Å²) in [5.41, 5.74) is 1.17. The lowest BCUT2D eigenvalue weighted by Gasteiger charge is -2.16. The van der Waals surface area contributed by atoms with Crippen LogP contribution in [0.3, 0.4) is 0 Å². The number of hydrogen-bond acceptors (Lipinski definition) is 3. The molecule has 0 aromatic carbocycles. The molecule has 3 heteroatoms. The van der Waals surface area contributed by atoms with Gasteiger partial charge in [-0.25, -0.2) is 4.98 Å². The lowest BCUT2D eigenvalue weighted by atomic mass is 10.0. The molecule has 1 unspecified atom stereocenters. The minimum Gasteiger partial charge on any atom is -0.396 e. The number of anilines is 1. The fourth-order valence-corrected chi connectivity index (χ4v) is 1.85. The smallest absolute Gasteiger partial charge is 0.128 e. The third kappa shape index (κ3) is 4.19. The predicted molar refractivity (Wildman–Crippen MR) is 67.6 cm³/mol. The Balaban J connectivity index is 2.45. The summed E-state index contributed by atoms with van der Waals surface area (Å²) in [4.78, 5) is 4.30. The first-order valence-corrected chi connectivity index (χ1v) is 6.04. The Bertz CT molecular complexity index is 296. The summed E-state index contributed by atoms with van der Waals surface area (Å²) in [5.74, 6) is 1.50. The number of hydrogen-bond donors (Lipinski definition) is 2. The van der Waals surface area contributed by atoms with Crippen molar-refractivity contribution in [3.05, 3.63) is 23.9 Å².